The molecule has 0 radical (unpaired) electrons. The van der Waals surface area contributed by atoms with E-state index in [4.69, 9.17) is 0 Å². The van der Waals surface area contributed by atoms with Gasteiger partial charge in [-0.1, -0.05) is 35.5 Å². The fourth-order valence-corrected chi connectivity index (χ4v) is 2.03. The molecule has 0 aliphatic carbocycles. The summed E-state index contributed by atoms with van der Waals surface area (Å²) in [5, 5.41) is 0. The Balaban J connectivity index is 0. The molecule has 23 heavy (non-hydrogen) atoms. The summed E-state index contributed by atoms with van der Waals surface area (Å²) in [5.74, 6) is 0.268. The Morgan fingerprint density at radius 3 is 2.13 bits per heavy atom. The van der Waals surface area contributed by atoms with Crippen molar-refractivity contribution in [1.82, 2.24) is 4.90 Å². The van der Waals surface area contributed by atoms with Crippen molar-refractivity contribution in [2.45, 2.75) is 53.4 Å². The molecule has 132 valence electrons. The molecule has 0 N–H and O–H groups in total. The van der Waals surface area contributed by atoms with Crippen LogP contribution in [0.2, 0.25) is 0 Å². The molecule has 0 heterocycles. The summed E-state index contributed by atoms with van der Waals surface area (Å²) in [6, 6.07) is 0. The van der Waals surface area contributed by atoms with E-state index in [-0.39, 0.29) is 18.2 Å². The Hall–Kier alpha value is -1.12. The van der Waals surface area contributed by atoms with Gasteiger partial charge in [0.2, 0.25) is 0 Å². The van der Waals surface area contributed by atoms with Crippen LogP contribution in [-0.4, -0.2) is 30.8 Å². The van der Waals surface area contributed by atoms with Crippen LogP contribution in [0.3, 0.4) is 0 Å². The second-order valence-electron chi connectivity index (χ2n) is 6.23. The van der Waals surface area contributed by atoms with Crippen molar-refractivity contribution in [3.05, 3.63) is 47.6 Å². The number of allylic oxidation sites excluding steroid dienone is 5. The summed E-state index contributed by atoms with van der Waals surface area (Å²) in [7, 11) is 2.08. The lowest BCUT2D eigenvalue weighted by molar-refractivity contribution is -0.115. The summed E-state index contributed by atoms with van der Waals surface area (Å²) in [6.07, 6.45) is 11.8. The topological polar surface area (TPSA) is 20.3 Å². The van der Waals surface area contributed by atoms with Gasteiger partial charge in [0.15, 0.2) is 5.78 Å². The van der Waals surface area contributed by atoms with Gasteiger partial charge in [-0.25, -0.2) is 0 Å². The highest BCUT2D eigenvalue weighted by atomic mass is 35.5. The van der Waals surface area contributed by atoms with Crippen LogP contribution in [0.4, 0.5) is 0 Å². The molecule has 0 unspecified atom stereocenters. The first-order valence-corrected chi connectivity index (χ1v) is 8.15. The third-order valence-corrected chi connectivity index (χ3v) is 3.55. The van der Waals surface area contributed by atoms with Crippen molar-refractivity contribution in [2.75, 3.05) is 20.1 Å². The minimum absolute atomic E-state index is 0. The molecule has 0 rings (SSSR count). The van der Waals surface area contributed by atoms with E-state index < -0.39 is 0 Å². The second-order valence-corrected chi connectivity index (χ2v) is 6.23. The average Bonchev–Trinajstić information content (AvgIpc) is 2.44. The molecule has 0 spiro atoms. The predicted molar refractivity (Wildman–Crippen MR) is 105 cm³/mol. The fraction of sp³-hybridized carbons (Fsp3) is 0.550. The highest BCUT2D eigenvalue weighted by molar-refractivity contribution is 5.94. The van der Waals surface area contributed by atoms with Crippen molar-refractivity contribution >= 4 is 18.2 Å². The molecular weight excluding hydrogens is 306 g/mol. The number of hydrogen-bond donors (Lipinski definition) is 0. The Morgan fingerprint density at radius 2 is 1.57 bits per heavy atom. The Labute approximate surface area is 149 Å². The number of rotatable bonds is 11. The number of carbonyl (C=O) groups is 1. The van der Waals surface area contributed by atoms with Gasteiger partial charge in [0.25, 0.3) is 0 Å². The standard InChI is InChI=1S/C20H33NO.ClH/c1-7-15-21(6)16-14-18(4)11-9-12-19(5)20(22)13-8-10-17(2)3;/h7,10,12,14H,1,8-9,11,13,15-16H2,2-6H3;1H/b18-14+,19-12-;. The zero-order valence-corrected chi connectivity index (χ0v) is 16.3. The van der Waals surface area contributed by atoms with E-state index in [2.05, 4.69) is 57.5 Å². The molecule has 0 amide bonds. The van der Waals surface area contributed by atoms with Crippen LogP contribution in [-0.2, 0) is 4.79 Å². The lowest BCUT2D eigenvalue weighted by Gasteiger charge is -2.11. The molecule has 0 aliphatic rings. The van der Waals surface area contributed by atoms with E-state index >= 15 is 0 Å². The van der Waals surface area contributed by atoms with Crippen LogP contribution in [0.5, 0.6) is 0 Å². The highest BCUT2D eigenvalue weighted by Crippen LogP contribution is 2.10. The van der Waals surface area contributed by atoms with Gasteiger partial charge in [-0.05, 0) is 59.6 Å². The molecule has 0 bridgehead atoms. The first kappa shape index (κ1) is 24.1. The molecule has 0 aromatic rings. The maximum Gasteiger partial charge on any atom is 0.158 e. The maximum atomic E-state index is 12.0. The quantitative estimate of drug-likeness (QED) is 0.365. The van der Waals surface area contributed by atoms with Crippen molar-refractivity contribution in [2.24, 2.45) is 0 Å². The third-order valence-electron chi connectivity index (χ3n) is 3.55. The van der Waals surface area contributed by atoms with E-state index in [1.807, 2.05) is 13.0 Å². The zero-order chi connectivity index (χ0) is 17.0. The predicted octanol–water partition coefficient (Wildman–Crippen LogP) is 5.51. The fourth-order valence-electron chi connectivity index (χ4n) is 2.03. The van der Waals surface area contributed by atoms with E-state index in [9.17, 15) is 4.79 Å². The van der Waals surface area contributed by atoms with Crippen LogP contribution in [0.25, 0.3) is 0 Å². The minimum atomic E-state index is 0. The first-order chi connectivity index (χ1) is 10.4. The number of hydrogen-bond acceptors (Lipinski definition) is 2. The molecule has 2 nitrogen and oxygen atoms in total. The number of carbonyl (C=O) groups excluding carboxylic acids is 1. The van der Waals surface area contributed by atoms with Gasteiger partial charge in [-0.3, -0.25) is 9.69 Å². The number of likely N-dealkylation sites (N-methyl/N-ethyl adjacent to an activating group) is 1. The molecule has 0 aromatic heterocycles. The largest absolute Gasteiger partial charge is 0.299 e. The van der Waals surface area contributed by atoms with Crippen LogP contribution in [0.15, 0.2) is 47.6 Å². The van der Waals surface area contributed by atoms with E-state index in [0.717, 1.165) is 37.9 Å². The van der Waals surface area contributed by atoms with Gasteiger partial charge in [0, 0.05) is 19.5 Å². The monoisotopic (exact) mass is 339 g/mol. The number of ketones is 1. The van der Waals surface area contributed by atoms with Gasteiger partial charge in [0.1, 0.15) is 0 Å². The molecule has 0 atom stereocenters. The van der Waals surface area contributed by atoms with Crippen molar-refractivity contribution in [3.63, 3.8) is 0 Å². The Bertz CT molecular complexity index is 443. The van der Waals surface area contributed by atoms with Crippen molar-refractivity contribution in [3.8, 4) is 0 Å². The van der Waals surface area contributed by atoms with Crippen LogP contribution >= 0.6 is 12.4 Å². The highest BCUT2D eigenvalue weighted by Gasteiger charge is 2.02. The Morgan fingerprint density at radius 1 is 0.957 bits per heavy atom. The minimum Gasteiger partial charge on any atom is -0.299 e. The van der Waals surface area contributed by atoms with Crippen LogP contribution < -0.4 is 0 Å². The number of nitrogens with zero attached hydrogens (tertiary/aromatic N) is 1. The molecule has 0 fully saturated rings. The molecule has 3 heteroatoms. The van der Waals surface area contributed by atoms with Crippen molar-refractivity contribution in [1.29, 1.82) is 0 Å². The summed E-state index contributed by atoms with van der Waals surface area (Å²) in [6.45, 7) is 13.8. The maximum absolute atomic E-state index is 12.0. The number of Topliss-reactive ketones (excluding diaryl/α,β-unsaturated/α-hetero) is 1. The summed E-state index contributed by atoms with van der Waals surface area (Å²) >= 11 is 0. The van der Waals surface area contributed by atoms with Gasteiger partial charge < -0.3 is 0 Å². The molecule has 0 saturated heterocycles. The molecule has 0 aliphatic heterocycles. The summed E-state index contributed by atoms with van der Waals surface area (Å²) < 4.78 is 0. The summed E-state index contributed by atoms with van der Waals surface area (Å²) in [4.78, 5) is 14.2. The van der Waals surface area contributed by atoms with Gasteiger partial charge in [-0.15, -0.1) is 19.0 Å². The summed E-state index contributed by atoms with van der Waals surface area (Å²) in [5.41, 5.74) is 3.55. The SMILES string of the molecule is C=CCN(C)C/C=C(\C)CC/C=C(/C)C(=O)CCC=C(C)C.Cl. The van der Waals surface area contributed by atoms with E-state index in [1.165, 1.54) is 11.1 Å². The van der Waals surface area contributed by atoms with Crippen LogP contribution in [0, 0.1) is 0 Å². The van der Waals surface area contributed by atoms with E-state index in [1.54, 1.807) is 0 Å². The van der Waals surface area contributed by atoms with E-state index in [0.29, 0.717) is 6.42 Å². The Kier molecular flexibility index (Phi) is 15.2. The molecular formula is C20H34ClNO. The zero-order valence-electron chi connectivity index (χ0n) is 15.5. The number of halogens is 1. The van der Waals surface area contributed by atoms with Gasteiger partial charge in [0.05, 0.1) is 0 Å². The second kappa shape index (κ2) is 14.5. The third kappa shape index (κ3) is 14.2. The molecule has 0 saturated carbocycles. The molecule has 0 aromatic carbocycles. The normalized spacial score (nSPS) is 11.9. The lowest BCUT2D eigenvalue weighted by Crippen LogP contribution is -2.18. The average molecular weight is 340 g/mol. The first-order valence-electron chi connectivity index (χ1n) is 8.15. The van der Waals surface area contributed by atoms with Gasteiger partial charge >= 0.3 is 0 Å². The van der Waals surface area contributed by atoms with Crippen LogP contribution in [0.1, 0.15) is 53.4 Å². The van der Waals surface area contributed by atoms with Gasteiger partial charge in [-0.2, -0.15) is 0 Å². The van der Waals surface area contributed by atoms with Crippen molar-refractivity contribution < 1.29 is 4.79 Å². The lowest BCUT2D eigenvalue weighted by atomic mass is 10.0. The smallest absolute Gasteiger partial charge is 0.158 e.